The Morgan fingerprint density at radius 1 is 0.170 bits per heavy atom. The van der Waals surface area contributed by atoms with E-state index in [9.17, 15) is 0 Å². The van der Waals surface area contributed by atoms with E-state index in [1.165, 1.54) is 143 Å². The molecule has 100 heavy (non-hydrogen) atoms. The molecule has 1 aromatic heterocycles. The molecule has 460 valence electrons. The van der Waals surface area contributed by atoms with Crippen LogP contribution in [-0.2, 0) is 10.8 Å². The predicted octanol–water partition coefficient (Wildman–Crippen LogP) is 24.9. The van der Waals surface area contributed by atoms with Crippen LogP contribution in [0.1, 0.15) is 44.5 Å². The summed E-state index contributed by atoms with van der Waals surface area (Å²) in [6.07, 6.45) is 0. The highest BCUT2D eigenvalue weighted by molar-refractivity contribution is 6.15. The maximum absolute atomic E-state index is 6.22. The molecule has 4 aliphatic carbocycles. The molecule has 0 N–H and O–H groups in total. The maximum atomic E-state index is 6.22. The predicted molar refractivity (Wildman–Crippen MR) is 415 cm³/mol. The second-order valence-electron chi connectivity index (χ2n) is 27.6. The fourth-order valence-corrected chi connectivity index (χ4v) is 18.8. The minimum absolute atomic E-state index is 0.536. The van der Waals surface area contributed by atoms with E-state index in [0.717, 1.165) is 66.9 Å². The van der Waals surface area contributed by atoms with E-state index in [4.69, 9.17) is 9.97 Å². The van der Waals surface area contributed by atoms with E-state index in [2.05, 4.69) is 352 Å². The summed E-state index contributed by atoms with van der Waals surface area (Å²) in [7, 11) is 0. The topological polar surface area (TPSA) is 25.8 Å². The van der Waals surface area contributed by atoms with Gasteiger partial charge in [0, 0.05) is 22.3 Å². The molecule has 0 saturated carbocycles. The van der Waals surface area contributed by atoms with Gasteiger partial charge in [0.25, 0.3) is 0 Å². The Bertz CT molecular complexity index is 5950. The zero-order valence-electron chi connectivity index (χ0n) is 54.4. The lowest BCUT2D eigenvalue weighted by molar-refractivity contribution is 0.794. The highest BCUT2D eigenvalue weighted by atomic mass is 14.8. The summed E-state index contributed by atoms with van der Waals surface area (Å²) < 4.78 is 0. The summed E-state index contributed by atoms with van der Waals surface area (Å²) in [5.41, 5.74) is 33.8. The van der Waals surface area contributed by atoms with Gasteiger partial charge in [0.1, 0.15) is 0 Å². The van der Waals surface area contributed by atoms with E-state index < -0.39 is 10.8 Å². The molecule has 0 unspecified atom stereocenters. The molecule has 0 fully saturated rings. The van der Waals surface area contributed by atoms with Crippen LogP contribution in [0, 0.1) is 0 Å². The Balaban J connectivity index is 0.816. The first kappa shape index (κ1) is 55.3. The number of hydrogen-bond acceptors (Lipinski definition) is 2. The average Bonchev–Trinajstić information content (AvgIpc) is 1.52. The largest absolute Gasteiger partial charge is 0.243 e. The first-order chi connectivity index (χ1) is 49.6. The van der Waals surface area contributed by atoms with Crippen LogP contribution in [0.15, 0.2) is 352 Å². The van der Waals surface area contributed by atoms with Crippen LogP contribution in [0.3, 0.4) is 0 Å². The number of aromatic nitrogens is 2. The Kier molecular flexibility index (Phi) is 11.5. The first-order valence-electron chi connectivity index (χ1n) is 34.9. The molecule has 4 aliphatic rings. The summed E-state index contributed by atoms with van der Waals surface area (Å²) in [4.78, 5) is 12.4. The zero-order chi connectivity index (χ0) is 65.4. The van der Waals surface area contributed by atoms with Crippen molar-refractivity contribution in [3.63, 3.8) is 0 Å². The van der Waals surface area contributed by atoms with Gasteiger partial charge in [0.05, 0.1) is 33.3 Å². The SMILES string of the molecule is c1ccc2c(c1)-c1ccccc1C21c2ccccc2-c2ccc(-c3ccc(-c4ccc5c(c4)C4(c6ccccc6-c6ccccc64)c4ccccc4-5)c4nc(-c5ccc(-c6c7ccccc7cc7ccccc67)cc5)c(-c5ccc(-c6c7ccccc7cc7ccccc67)cc5)nc34)cc21. The van der Waals surface area contributed by atoms with E-state index in [1.54, 1.807) is 0 Å². The molecular weight excluding hydrogens is 1210 g/mol. The summed E-state index contributed by atoms with van der Waals surface area (Å²) in [5.74, 6) is 0. The summed E-state index contributed by atoms with van der Waals surface area (Å²) >= 11 is 0. The van der Waals surface area contributed by atoms with Crippen LogP contribution in [0.25, 0.3) is 166 Å². The molecule has 17 aromatic carbocycles. The van der Waals surface area contributed by atoms with Gasteiger partial charge in [-0.05, 0) is 190 Å². The molecule has 18 aromatic rings. The monoisotopic (exact) mass is 1260 g/mol. The highest BCUT2D eigenvalue weighted by Crippen LogP contribution is 2.65. The van der Waals surface area contributed by atoms with Gasteiger partial charge in [0.2, 0.25) is 0 Å². The molecule has 1 heterocycles. The molecule has 22 rings (SSSR count). The number of rotatable bonds is 6. The van der Waals surface area contributed by atoms with Crippen molar-refractivity contribution in [1.29, 1.82) is 0 Å². The van der Waals surface area contributed by atoms with Crippen molar-refractivity contribution >= 4 is 54.1 Å². The van der Waals surface area contributed by atoms with Gasteiger partial charge in [0.15, 0.2) is 0 Å². The third kappa shape index (κ3) is 7.46. The lowest BCUT2D eigenvalue weighted by Gasteiger charge is -2.31. The second-order valence-corrected chi connectivity index (χ2v) is 27.6. The minimum atomic E-state index is -0.536. The minimum Gasteiger partial charge on any atom is -0.243 e. The number of hydrogen-bond donors (Lipinski definition) is 0. The second kappa shape index (κ2) is 20.8. The third-order valence-electron chi connectivity index (χ3n) is 22.9. The fraction of sp³-hybridized carbons (Fsp3) is 0.0204. The van der Waals surface area contributed by atoms with Crippen LogP contribution < -0.4 is 0 Å². The van der Waals surface area contributed by atoms with Gasteiger partial charge in [-0.3, -0.25) is 0 Å². The number of benzene rings is 17. The normalized spacial score (nSPS) is 13.6. The van der Waals surface area contributed by atoms with Crippen molar-refractivity contribution in [1.82, 2.24) is 9.97 Å². The summed E-state index contributed by atoms with van der Waals surface area (Å²) in [5, 5.41) is 9.77. The van der Waals surface area contributed by atoms with Crippen LogP contribution in [0.2, 0.25) is 0 Å². The van der Waals surface area contributed by atoms with Gasteiger partial charge in [-0.2, -0.15) is 0 Å². The Morgan fingerprint density at radius 3 is 0.700 bits per heavy atom. The van der Waals surface area contributed by atoms with E-state index in [0.29, 0.717) is 0 Å². The zero-order valence-corrected chi connectivity index (χ0v) is 54.4. The van der Waals surface area contributed by atoms with Crippen molar-refractivity contribution in [3.8, 4) is 112 Å². The highest BCUT2D eigenvalue weighted by Gasteiger charge is 2.53. The molecule has 0 atom stereocenters. The van der Waals surface area contributed by atoms with Crippen molar-refractivity contribution in [3.05, 3.63) is 396 Å². The fourth-order valence-electron chi connectivity index (χ4n) is 18.8. The lowest BCUT2D eigenvalue weighted by atomic mass is 9.70. The third-order valence-corrected chi connectivity index (χ3v) is 22.9. The molecule has 0 amide bonds. The Labute approximate surface area is 579 Å². The van der Waals surface area contributed by atoms with Gasteiger partial charge in [-0.15, -0.1) is 0 Å². The van der Waals surface area contributed by atoms with Crippen molar-refractivity contribution in [2.75, 3.05) is 0 Å². The standard InChI is InChI=1S/C98H58N2/c1-5-25-69-63(21-1)55-64-22-2-6-26-70(64)91(69)59-41-45-61(46-42-59)93-94(62-47-43-60(44-48-62)92-71-27-7-3-23-65(71)56-66-24-4-8-28-72(66)92)100-96-74(68-50-52-82-80-34-14-20-40-88(80)98(90(82)58-68)85-37-17-11-31-77(85)78-32-12-18-38-86(78)98)54-53-73(95(96)99-93)67-49-51-81-79-33-13-19-39-87(79)97(89(81)57-67)83-35-15-9-29-75(83)76-30-10-16-36-84(76)97/h1-58H. The van der Waals surface area contributed by atoms with Gasteiger partial charge >= 0.3 is 0 Å². The number of fused-ring (bicyclic) bond motifs is 25. The van der Waals surface area contributed by atoms with Gasteiger partial charge in [-0.1, -0.05) is 328 Å². The molecule has 0 saturated heterocycles. The molecule has 0 radical (unpaired) electrons. The molecule has 2 nitrogen and oxygen atoms in total. The van der Waals surface area contributed by atoms with Gasteiger partial charge < -0.3 is 0 Å². The van der Waals surface area contributed by atoms with E-state index in [-0.39, 0.29) is 0 Å². The van der Waals surface area contributed by atoms with Crippen LogP contribution in [0.4, 0.5) is 0 Å². The number of nitrogens with zero attached hydrogens (tertiary/aromatic N) is 2. The van der Waals surface area contributed by atoms with Crippen molar-refractivity contribution in [2.45, 2.75) is 10.8 Å². The summed E-state index contributed by atoms with van der Waals surface area (Å²) in [6.45, 7) is 0. The van der Waals surface area contributed by atoms with Crippen LogP contribution in [-0.4, -0.2) is 9.97 Å². The van der Waals surface area contributed by atoms with Crippen molar-refractivity contribution < 1.29 is 0 Å². The van der Waals surface area contributed by atoms with Crippen LogP contribution >= 0.6 is 0 Å². The van der Waals surface area contributed by atoms with Crippen molar-refractivity contribution in [2.24, 2.45) is 0 Å². The molecule has 0 aliphatic heterocycles. The summed E-state index contributed by atoms with van der Waals surface area (Å²) in [6, 6.07) is 132. The Morgan fingerprint density at radius 2 is 0.400 bits per heavy atom. The Hall–Kier alpha value is -12.9. The smallest absolute Gasteiger partial charge is 0.0979 e. The molecule has 2 spiro atoms. The first-order valence-corrected chi connectivity index (χ1v) is 34.9. The van der Waals surface area contributed by atoms with Gasteiger partial charge in [-0.25, -0.2) is 9.97 Å². The lowest BCUT2D eigenvalue weighted by Crippen LogP contribution is -2.25. The van der Waals surface area contributed by atoms with E-state index in [1.807, 2.05) is 0 Å². The maximum Gasteiger partial charge on any atom is 0.0979 e. The molecule has 0 bridgehead atoms. The molecule has 2 heteroatoms. The molecular formula is C98H58N2. The van der Waals surface area contributed by atoms with E-state index >= 15 is 0 Å². The quantitative estimate of drug-likeness (QED) is 0.155. The average molecular weight is 1260 g/mol. The van der Waals surface area contributed by atoms with Crippen LogP contribution in [0.5, 0.6) is 0 Å².